The van der Waals surface area contributed by atoms with Gasteiger partial charge >= 0.3 is 0 Å². The number of aliphatic imine (C=N–C) groups is 2. The van der Waals surface area contributed by atoms with Crippen LogP contribution in [0.5, 0.6) is 23.0 Å². The Bertz CT molecular complexity index is 816. The van der Waals surface area contributed by atoms with E-state index >= 15 is 0 Å². The third-order valence-corrected chi connectivity index (χ3v) is 3.42. The molecule has 0 bridgehead atoms. The van der Waals surface area contributed by atoms with Crippen LogP contribution in [-0.4, -0.2) is 58.5 Å². The molecule has 2 aromatic rings. The number of aldehydes is 2. The van der Waals surface area contributed by atoms with Gasteiger partial charge < -0.3 is 20.4 Å². The summed E-state index contributed by atoms with van der Waals surface area (Å²) in [5.41, 5.74) is 0.467. The maximum absolute atomic E-state index is 10.6. The summed E-state index contributed by atoms with van der Waals surface area (Å²) in [4.78, 5) is 29.4. The number of carbonyl (C=O) groups excluding carboxylic acids is 2. The van der Waals surface area contributed by atoms with Gasteiger partial charge in [-0.2, -0.15) is 0 Å². The maximum atomic E-state index is 10.6. The van der Waals surface area contributed by atoms with Crippen molar-refractivity contribution in [2.24, 2.45) is 9.98 Å². The molecule has 2 rings (SSSR count). The summed E-state index contributed by atoms with van der Waals surface area (Å²) in [6, 6.07) is 4.72. The molecule has 4 N–H and O–H groups in total. The normalized spacial score (nSPS) is 11.2. The van der Waals surface area contributed by atoms with Crippen LogP contribution in [0.25, 0.3) is 0 Å². The van der Waals surface area contributed by atoms with E-state index in [9.17, 15) is 30.0 Å². The minimum Gasteiger partial charge on any atom is -0.507 e. The van der Waals surface area contributed by atoms with Crippen LogP contribution in [0.15, 0.2) is 34.3 Å². The molecule has 0 aromatic heterocycles. The number of rotatable bonds is 7. The molecule has 0 heterocycles. The molecular weight excluding hydrogens is 340 g/mol. The number of nitrogens with zero attached hydrogens (tertiary/aromatic N) is 2. The van der Waals surface area contributed by atoms with Gasteiger partial charge in [0, 0.05) is 23.6 Å². The topological polar surface area (TPSA) is 140 Å². The van der Waals surface area contributed by atoms with Crippen molar-refractivity contribution in [3.05, 3.63) is 46.5 Å². The van der Waals surface area contributed by atoms with Crippen molar-refractivity contribution in [3.63, 3.8) is 0 Å². The number of hydrogen-bond donors (Lipinski definition) is 4. The predicted molar refractivity (Wildman–Crippen MR) is 95.2 cm³/mol. The van der Waals surface area contributed by atoms with E-state index in [1.54, 1.807) is 0 Å². The maximum Gasteiger partial charge on any atom is 0.153 e. The summed E-state index contributed by atoms with van der Waals surface area (Å²) >= 11 is 0. The Kier molecular flexibility index (Phi) is 6.05. The third kappa shape index (κ3) is 4.44. The van der Waals surface area contributed by atoms with E-state index in [-0.39, 0.29) is 58.3 Å². The highest BCUT2D eigenvalue weighted by Crippen LogP contribution is 2.25. The van der Waals surface area contributed by atoms with Gasteiger partial charge in [0.15, 0.2) is 12.6 Å². The Morgan fingerprint density at radius 3 is 1.27 bits per heavy atom. The smallest absolute Gasteiger partial charge is 0.153 e. The van der Waals surface area contributed by atoms with Crippen LogP contribution in [0.4, 0.5) is 0 Å². The van der Waals surface area contributed by atoms with E-state index in [2.05, 4.69) is 9.98 Å². The molecule has 0 amide bonds. The molecule has 8 nitrogen and oxygen atoms in total. The van der Waals surface area contributed by atoms with Crippen LogP contribution in [0, 0.1) is 0 Å². The molecule has 0 aliphatic carbocycles. The van der Waals surface area contributed by atoms with Crippen molar-refractivity contribution in [3.8, 4) is 23.0 Å². The van der Waals surface area contributed by atoms with Crippen molar-refractivity contribution in [2.75, 3.05) is 13.1 Å². The van der Waals surface area contributed by atoms with Crippen LogP contribution in [-0.2, 0) is 0 Å². The van der Waals surface area contributed by atoms with Gasteiger partial charge in [0.05, 0.1) is 24.2 Å². The fourth-order valence-corrected chi connectivity index (χ4v) is 2.06. The molecule has 134 valence electrons. The van der Waals surface area contributed by atoms with Gasteiger partial charge in [-0.15, -0.1) is 0 Å². The first-order valence-electron chi connectivity index (χ1n) is 7.48. The fraction of sp³-hybridized carbons (Fsp3) is 0.111. The number of carbonyl (C=O) groups is 2. The highest BCUT2D eigenvalue weighted by Gasteiger charge is 2.07. The van der Waals surface area contributed by atoms with E-state index in [0.29, 0.717) is 12.6 Å². The summed E-state index contributed by atoms with van der Waals surface area (Å²) in [6.45, 7) is 0.511. The summed E-state index contributed by atoms with van der Waals surface area (Å²) in [5, 5.41) is 38.6. The van der Waals surface area contributed by atoms with E-state index in [1.165, 1.54) is 24.6 Å². The molecule has 0 unspecified atom stereocenters. The highest BCUT2D eigenvalue weighted by atomic mass is 16.3. The number of phenols is 4. The molecule has 0 aliphatic rings. The number of aromatic hydroxyl groups is 4. The molecule has 0 fully saturated rings. The van der Waals surface area contributed by atoms with E-state index in [1.807, 2.05) is 0 Å². The number of benzene rings is 2. The molecule has 0 saturated carbocycles. The zero-order valence-electron chi connectivity index (χ0n) is 13.5. The first kappa shape index (κ1) is 18.7. The Labute approximate surface area is 148 Å². The zero-order chi connectivity index (χ0) is 19.1. The summed E-state index contributed by atoms with van der Waals surface area (Å²) < 4.78 is 0. The summed E-state index contributed by atoms with van der Waals surface area (Å²) in [7, 11) is 0. The van der Waals surface area contributed by atoms with Crippen LogP contribution in [0.3, 0.4) is 0 Å². The molecule has 0 aliphatic heterocycles. The van der Waals surface area contributed by atoms with Crippen molar-refractivity contribution in [1.29, 1.82) is 0 Å². The highest BCUT2D eigenvalue weighted by molar-refractivity contribution is 5.89. The molecule has 0 radical (unpaired) electrons. The van der Waals surface area contributed by atoms with E-state index in [0.717, 1.165) is 12.1 Å². The molecule has 0 atom stereocenters. The lowest BCUT2D eigenvalue weighted by Crippen LogP contribution is -1.93. The van der Waals surface area contributed by atoms with Crippen LogP contribution in [0.2, 0.25) is 0 Å². The molecule has 26 heavy (non-hydrogen) atoms. The van der Waals surface area contributed by atoms with Gasteiger partial charge in [0.1, 0.15) is 23.0 Å². The standard InChI is InChI=1S/C18H16N2O6/c21-9-13-5-15(23)11(3-17(13)25)7-19-1-2-20-8-12-4-18(26)14(10-22)6-16(12)24/h3-10,23-26H,1-2H2. The van der Waals surface area contributed by atoms with Crippen molar-refractivity contribution < 1.29 is 30.0 Å². The van der Waals surface area contributed by atoms with Crippen LogP contribution in [0.1, 0.15) is 31.8 Å². The summed E-state index contributed by atoms with van der Waals surface area (Å²) in [6.07, 6.45) is 3.53. The Balaban J connectivity index is 1.97. The second kappa shape index (κ2) is 8.43. The van der Waals surface area contributed by atoms with Crippen LogP contribution < -0.4 is 0 Å². The van der Waals surface area contributed by atoms with Crippen molar-refractivity contribution in [1.82, 2.24) is 0 Å². The zero-order valence-corrected chi connectivity index (χ0v) is 13.5. The molecule has 0 spiro atoms. The monoisotopic (exact) mass is 356 g/mol. The average molecular weight is 356 g/mol. The van der Waals surface area contributed by atoms with Gasteiger partial charge in [-0.3, -0.25) is 19.6 Å². The lowest BCUT2D eigenvalue weighted by molar-refractivity contribution is 0.111. The minimum absolute atomic E-state index is 0.0205. The first-order chi connectivity index (χ1) is 12.5. The quantitative estimate of drug-likeness (QED) is 0.257. The Morgan fingerprint density at radius 1 is 0.615 bits per heavy atom. The Morgan fingerprint density at radius 2 is 0.923 bits per heavy atom. The van der Waals surface area contributed by atoms with E-state index < -0.39 is 0 Å². The van der Waals surface area contributed by atoms with Gasteiger partial charge in [-0.05, 0) is 24.3 Å². The second-order valence-corrected chi connectivity index (χ2v) is 5.25. The minimum atomic E-state index is -0.258. The lowest BCUT2D eigenvalue weighted by Gasteiger charge is -2.03. The molecular formula is C18H16N2O6. The first-order valence-corrected chi connectivity index (χ1v) is 7.48. The van der Waals surface area contributed by atoms with Gasteiger partial charge in [0.2, 0.25) is 0 Å². The largest absolute Gasteiger partial charge is 0.507 e. The number of phenolic OH excluding ortho intramolecular Hbond substituents is 4. The van der Waals surface area contributed by atoms with Gasteiger partial charge in [-0.1, -0.05) is 0 Å². The fourth-order valence-electron chi connectivity index (χ4n) is 2.06. The Hall–Kier alpha value is -3.68. The third-order valence-electron chi connectivity index (χ3n) is 3.42. The number of hydrogen-bond acceptors (Lipinski definition) is 8. The SMILES string of the molecule is O=Cc1cc(O)c(C=NCCN=Cc2cc(O)c(C=O)cc2O)cc1O. The molecule has 0 saturated heterocycles. The predicted octanol–water partition coefficient (Wildman–Crippen LogP) is 1.67. The van der Waals surface area contributed by atoms with Gasteiger partial charge in [0.25, 0.3) is 0 Å². The van der Waals surface area contributed by atoms with Gasteiger partial charge in [-0.25, -0.2) is 0 Å². The second-order valence-electron chi connectivity index (χ2n) is 5.25. The van der Waals surface area contributed by atoms with Crippen molar-refractivity contribution >= 4 is 25.0 Å². The van der Waals surface area contributed by atoms with E-state index in [4.69, 9.17) is 0 Å². The van der Waals surface area contributed by atoms with Crippen LogP contribution >= 0.6 is 0 Å². The average Bonchev–Trinajstić information content (AvgIpc) is 2.62. The van der Waals surface area contributed by atoms with Crippen molar-refractivity contribution in [2.45, 2.75) is 0 Å². The lowest BCUT2D eigenvalue weighted by atomic mass is 10.1. The molecule has 2 aromatic carbocycles. The molecule has 8 heteroatoms. The summed E-state index contributed by atoms with van der Waals surface area (Å²) in [5.74, 6) is -0.890.